The number of amides is 1. The van der Waals surface area contributed by atoms with Gasteiger partial charge in [-0.1, -0.05) is 11.6 Å². The minimum Gasteiger partial charge on any atom is -0.618 e. The second kappa shape index (κ2) is 8.98. The van der Waals surface area contributed by atoms with Crippen LogP contribution in [0.25, 0.3) is 10.9 Å². The van der Waals surface area contributed by atoms with Crippen LogP contribution >= 0.6 is 11.6 Å². The summed E-state index contributed by atoms with van der Waals surface area (Å²) >= 11 is 5.69. The van der Waals surface area contributed by atoms with Crippen LogP contribution in [0.1, 0.15) is 15.9 Å². The number of fused-ring (bicyclic) bond motifs is 1. The van der Waals surface area contributed by atoms with Gasteiger partial charge in [-0.05, 0) is 30.3 Å². The summed E-state index contributed by atoms with van der Waals surface area (Å²) in [5.41, 5.74) is -9.18. The van der Waals surface area contributed by atoms with Crippen LogP contribution in [0.4, 0.5) is 45.2 Å². The maximum atomic E-state index is 14.4. The van der Waals surface area contributed by atoms with E-state index < -0.39 is 52.6 Å². The topological polar surface area (TPSA) is 65.3 Å². The monoisotopic (exact) mass is 532 g/mol. The predicted molar refractivity (Wildman–Crippen MR) is 104 cm³/mol. The third-order valence-electron chi connectivity index (χ3n) is 4.71. The molecule has 0 atom stereocenters. The van der Waals surface area contributed by atoms with Gasteiger partial charge in [0.15, 0.2) is 11.9 Å². The summed E-state index contributed by atoms with van der Waals surface area (Å²) < 4.78 is 123. The van der Waals surface area contributed by atoms with Crippen LogP contribution in [0.2, 0.25) is 5.02 Å². The number of nitrogens with one attached hydrogen (secondary N) is 1. The van der Waals surface area contributed by atoms with E-state index in [-0.39, 0.29) is 28.6 Å². The largest absolute Gasteiger partial charge is 0.618 e. The molecule has 0 radical (unpaired) electrons. The number of aromatic nitrogens is 1. The van der Waals surface area contributed by atoms with E-state index in [1.165, 1.54) is 30.5 Å². The SMILES string of the molecule is O=C(Nc1c(Cl)cc(C(F)(C(F)(F)F)C(F)(F)F)cc1OC(F)F)c1ccc2c(ccc[n+]2[O-])c1. The molecular formula is C20H10ClF9N2O3. The highest BCUT2D eigenvalue weighted by Gasteiger charge is 2.73. The van der Waals surface area contributed by atoms with E-state index in [0.717, 1.165) is 6.07 Å². The molecule has 1 N–H and O–H groups in total. The number of carbonyl (C=O) groups excluding carboxylic acids is 1. The molecule has 3 aromatic rings. The first-order chi connectivity index (χ1) is 16.1. The van der Waals surface area contributed by atoms with Crippen LogP contribution < -0.4 is 14.8 Å². The molecule has 0 unspecified atom stereocenters. The highest BCUT2D eigenvalue weighted by Crippen LogP contribution is 2.55. The third kappa shape index (κ3) is 4.88. The second-order valence-electron chi connectivity index (χ2n) is 6.93. The van der Waals surface area contributed by atoms with Crippen molar-refractivity contribution in [2.45, 2.75) is 24.6 Å². The van der Waals surface area contributed by atoms with Crippen molar-refractivity contribution in [3.8, 4) is 5.75 Å². The van der Waals surface area contributed by atoms with E-state index in [0.29, 0.717) is 4.73 Å². The number of rotatable bonds is 5. The van der Waals surface area contributed by atoms with Crippen molar-refractivity contribution in [3.05, 3.63) is 70.0 Å². The Morgan fingerprint density at radius 2 is 1.63 bits per heavy atom. The minimum atomic E-state index is -6.55. The van der Waals surface area contributed by atoms with Crippen molar-refractivity contribution < 1.29 is 53.8 Å². The van der Waals surface area contributed by atoms with Crippen LogP contribution in [0, 0.1) is 5.21 Å². The number of ether oxygens (including phenoxy) is 1. The zero-order chi connectivity index (χ0) is 26.3. The summed E-state index contributed by atoms with van der Waals surface area (Å²) in [7, 11) is 0. The standard InChI is InChI=1S/C20H10ClF9N2O3/c21-12-7-11(18(24,19(25,26)27)20(28,29)30)8-14(35-17(22)23)15(12)31-16(33)10-3-4-13-9(6-10)2-1-5-32(13)34/h1-8,17H,(H,31,33). The Hall–Kier alpha value is -3.42. The smallest absolute Gasteiger partial charge is 0.435 e. The first-order valence-corrected chi connectivity index (χ1v) is 9.48. The molecule has 5 nitrogen and oxygen atoms in total. The van der Waals surface area contributed by atoms with E-state index in [1.54, 1.807) is 0 Å². The van der Waals surface area contributed by atoms with Crippen molar-refractivity contribution in [1.29, 1.82) is 0 Å². The molecule has 1 amide bonds. The molecule has 35 heavy (non-hydrogen) atoms. The Morgan fingerprint density at radius 3 is 2.20 bits per heavy atom. The van der Waals surface area contributed by atoms with Gasteiger partial charge in [-0.2, -0.15) is 39.9 Å². The Labute approximate surface area is 194 Å². The Morgan fingerprint density at radius 1 is 1.00 bits per heavy atom. The van der Waals surface area contributed by atoms with Gasteiger partial charge in [0, 0.05) is 28.6 Å². The van der Waals surface area contributed by atoms with Crippen LogP contribution in [0.5, 0.6) is 5.75 Å². The lowest BCUT2D eigenvalue weighted by Crippen LogP contribution is -2.50. The van der Waals surface area contributed by atoms with Crippen LogP contribution in [-0.4, -0.2) is 24.9 Å². The van der Waals surface area contributed by atoms with E-state index >= 15 is 0 Å². The fourth-order valence-corrected chi connectivity index (χ4v) is 3.36. The number of alkyl halides is 9. The fourth-order valence-electron chi connectivity index (χ4n) is 3.10. The molecule has 0 spiro atoms. The quantitative estimate of drug-likeness (QED) is 0.239. The van der Waals surface area contributed by atoms with Crippen molar-refractivity contribution in [2.24, 2.45) is 0 Å². The number of anilines is 1. The van der Waals surface area contributed by atoms with Gasteiger partial charge in [0.25, 0.3) is 5.91 Å². The average molecular weight is 533 g/mol. The summed E-state index contributed by atoms with van der Waals surface area (Å²) in [5, 5.41) is 12.8. The highest BCUT2D eigenvalue weighted by molar-refractivity contribution is 6.34. The van der Waals surface area contributed by atoms with E-state index in [4.69, 9.17) is 11.6 Å². The zero-order valence-corrected chi connectivity index (χ0v) is 17.4. The lowest BCUT2D eigenvalue weighted by molar-refractivity contribution is -0.577. The molecule has 3 rings (SSSR count). The molecule has 0 aliphatic heterocycles. The number of pyridine rings is 1. The molecule has 0 bridgehead atoms. The third-order valence-corrected chi connectivity index (χ3v) is 5.01. The second-order valence-corrected chi connectivity index (χ2v) is 7.33. The molecular weight excluding hydrogens is 523 g/mol. The van der Waals surface area contributed by atoms with E-state index in [2.05, 4.69) is 4.74 Å². The molecule has 1 aromatic heterocycles. The summed E-state index contributed by atoms with van der Waals surface area (Å²) in [6.45, 7) is -3.80. The number of halogens is 10. The first kappa shape index (κ1) is 26.2. The number of benzene rings is 2. The Kier molecular flexibility index (Phi) is 6.72. The van der Waals surface area contributed by atoms with Gasteiger partial charge in [0.2, 0.25) is 5.52 Å². The molecule has 1 heterocycles. The highest BCUT2D eigenvalue weighted by atomic mass is 35.5. The summed E-state index contributed by atoms with van der Waals surface area (Å²) in [6, 6.07) is 5.94. The van der Waals surface area contributed by atoms with Gasteiger partial charge in [-0.3, -0.25) is 4.79 Å². The molecule has 0 aliphatic carbocycles. The molecule has 15 heteroatoms. The summed E-state index contributed by atoms with van der Waals surface area (Å²) in [4.78, 5) is 12.6. The molecule has 2 aromatic carbocycles. The van der Waals surface area contributed by atoms with Crippen LogP contribution in [0.15, 0.2) is 48.7 Å². The molecule has 0 fully saturated rings. The number of carbonyl (C=O) groups is 1. The summed E-state index contributed by atoms with van der Waals surface area (Å²) in [5.74, 6) is -2.57. The lowest BCUT2D eigenvalue weighted by Gasteiger charge is -2.31. The zero-order valence-electron chi connectivity index (χ0n) is 16.6. The molecule has 188 valence electrons. The normalized spacial score (nSPS) is 12.8. The lowest BCUT2D eigenvalue weighted by atomic mass is 9.93. The first-order valence-electron chi connectivity index (χ1n) is 9.10. The fraction of sp³-hybridized carbons (Fsp3) is 0.200. The average Bonchev–Trinajstić information content (AvgIpc) is 2.73. The Balaban J connectivity index is 2.09. The van der Waals surface area contributed by atoms with E-state index in [1.807, 2.05) is 5.32 Å². The summed E-state index contributed by atoms with van der Waals surface area (Å²) in [6.07, 6.45) is -11.9. The Bertz CT molecular complexity index is 1270. The molecule has 0 saturated heterocycles. The van der Waals surface area contributed by atoms with Crippen LogP contribution in [-0.2, 0) is 5.67 Å². The van der Waals surface area contributed by atoms with Crippen molar-refractivity contribution in [1.82, 2.24) is 0 Å². The van der Waals surface area contributed by atoms with Gasteiger partial charge < -0.3 is 15.3 Å². The predicted octanol–water partition coefficient (Wildman–Crippen LogP) is 6.27. The van der Waals surface area contributed by atoms with Gasteiger partial charge in [-0.15, -0.1) is 0 Å². The maximum Gasteiger partial charge on any atom is 0.435 e. The minimum absolute atomic E-state index is 0.114. The van der Waals surface area contributed by atoms with Gasteiger partial charge in [0.1, 0.15) is 5.69 Å². The van der Waals surface area contributed by atoms with Gasteiger partial charge >= 0.3 is 24.6 Å². The van der Waals surface area contributed by atoms with Crippen molar-refractivity contribution >= 4 is 34.1 Å². The van der Waals surface area contributed by atoms with E-state index in [9.17, 15) is 49.5 Å². The van der Waals surface area contributed by atoms with Gasteiger partial charge in [-0.25, -0.2) is 4.39 Å². The number of hydrogen-bond donors (Lipinski definition) is 1. The van der Waals surface area contributed by atoms with Crippen LogP contribution in [0.3, 0.4) is 0 Å². The molecule has 0 aliphatic rings. The van der Waals surface area contributed by atoms with Gasteiger partial charge in [0.05, 0.1) is 5.02 Å². The molecule has 0 saturated carbocycles. The van der Waals surface area contributed by atoms with Crippen molar-refractivity contribution in [3.63, 3.8) is 0 Å². The number of hydrogen-bond acceptors (Lipinski definition) is 3. The number of nitrogens with zero attached hydrogens (tertiary/aromatic N) is 1. The maximum absolute atomic E-state index is 14.4. The van der Waals surface area contributed by atoms with Crippen molar-refractivity contribution in [2.75, 3.05) is 5.32 Å².